The van der Waals surface area contributed by atoms with Gasteiger partial charge in [-0.05, 0) is 42.0 Å². The highest BCUT2D eigenvalue weighted by atomic mass is 19.4. The molecule has 1 heterocycles. The fraction of sp³-hybridized carbons (Fsp3) is 0.148. The summed E-state index contributed by atoms with van der Waals surface area (Å²) in [7, 11) is 0. The lowest BCUT2D eigenvalue weighted by molar-refractivity contribution is -0.274. The van der Waals surface area contributed by atoms with Gasteiger partial charge in [0, 0.05) is 11.1 Å². The monoisotopic (exact) mass is 545 g/mol. The molecule has 0 saturated heterocycles. The number of rotatable bonds is 7. The van der Waals surface area contributed by atoms with E-state index in [1.165, 1.54) is 23.1 Å². The third kappa shape index (κ3) is 7.16. The number of carbonyl (C=O) groups is 1. The van der Waals surface area contributed by atoms with Crippen LogP contribution in [0.2, 0.25) is 0 Å². The summed E-state index contributed by atoms with van der Waals surface area (Å²) in [4.78, 5) is 16.6. The molecular formula is C27H17F6N3O3. The molecule has 0 amide bonds. The maximum atomic E-state index is 12.8. The van der Waals surface area contributed by atoms with Crippen LogP contribution < -0.4 is 4.74 Å². The van der Waals surface area contributed by atoms with Gasteiger partial charge in [0.05, 0.1) is 17.7 Å². The Morgan fingerprint density at radius 3 is 2.13 bits per heavy atom. The van der Waals surface area contributed by atoms with Crippen LogP contribution in [0, 0.1) is 12.3 Å². The molecule has 12 heteroatoms. The van der Waals surface area contributed by atoms with Crippen molar-refractivity contribution in [3.05, 3.63) is 95.8 Å². The van der Waals surface area contributed by atoms with Gasteiger partial charge in [0.25, 0.3) is 0 Å². The predicted molar refractivity (Wildman–Crippen MR) is 126 cm³/mol. The second kappa shape index (κ2) is 10.9. The molecule has 4 rings (SSSR count). The molecule has 3 aromatic carbocycles. The Balaban J connectivity index is 1.37. The number of hydrogen-bond acceptors (Lipinski definition) is 5. The Labute approximate surface area is 217 Å². The number of ether oxygens (including phenoxy) is 2. The van der Waals surface area contributed by atoms with Gasteiger partial charge in [-0.2, -0.15) is 13.2 Å². The maximum Gasteiger partial charge on any atom is 0.573 e. The van der Waals surface area contributed by atoms with E-state index in [4.69, 9.17) is 11.2 Å². The third-order valence-corrected chi connectivity index (χ3v) is 5.33. The summed E-state index contributed by atoms with van der Waals surface area (Å²) in [6.45, 7) is 0. The van der Waals surface area contributed by atoms with Gasteiger partial charge in [-0.1, -0.05) is 42.3 Å². The van der Waals surface area contributed by atoms with Crippen molar-refractivity contribution in [2.24, 2.45) is 0 Å². The molecule has 1 atom stereocenters. The van der Waals surface area contributed by atoms with E-state index < -0.39 is 30.2 Å². The van der Waals surface area contributed by atoms with Crippen molar-refractivity contribution < 1.29 is 40.6 Å². The Bertz CT molecular complexity index is 1470. The molecule has 200 valence electrons. The van der Waals surface area contributed by atoms with Gasteiger partial charge in [0.2, 0.25) is 0 Å². The van der Waals surface area contributed by atoms with E-state index in [1.54, 1.807) is 24.3 Å². The average molecular weight is 545 g/mol. The van der Waals surface area contributed by atoms with Gasteiger partial charge < -0.3 is 9.47 Å². The van der Waals surface area contributed by atoms with E-state index in [9.17, 15) is 31.1 Å². The van der Waals surface area contributed by atoms with Crippen molar-refractivity contribution in [2.75, 3.05) is 0 Å². The number of carbonyl (C=O) groups excluding carboxylic acids is 1. The molecule has 0 aliphatic rings. The van der Waals surface area contributed by atoms with E-state index in [0.29, 0.717) is 22.6 Å². The standard InChI is InChI=1S/C27H17F6N3O3/c1-2-23(18-7-9-20(10-8-18)26(28,29)30)38-24(37)15-17-3-5-19(6-4-17)25-34-16-36(35-25)21-11-13-22(14-12-21)39-27(31,32)33/h1,3-14,16,23H,15H2. The molecule has 0 aliphatic carbocycles. The minimum Gasteiger partial charge on any atom is -0.444 e. The number of hydrogen-bond donors (Lipinski definition) is 0. The minimum atomic E-state index is -4.79. The first kappa shape index (κ1) is 27.3. The molecule has 0 radical (unpaired) electrons. The highest BCUT2D eigenvalue weighted by Gasteiger charge is 2.31. The molecule has 0 fully saturated rings. The Morgan fingerprint density at radius 2 is 1.56 bits per heavy atom. The van der Waals surface area contributed by atoms with E-state index in [2.05, 4.69) is 20.7 Å². The smallest absolute Gasteiger partial charge is 0.444 e. The normalized spacial score (nSPS) is 12.4. The van der Waals surface area contributed by atoms with E-state index in [-0.39, 0.29) is 17.7 Å². The molecule has 0 spiro atoms. The van der Waals surface area contributed by atoms with Crippen LogP contribution in [0.25, 0.3) is 17.1 Å². The van der Waals surface area contributed by atoms with Gasteiger partial charge in [-0.25, -0.2) is 9.67 Å². The average Bonchev–Trinajstić information content (AvgIpc) is 3.37. The zero-order valence-corrected chi connectivity index (χ0v) is 19.7. The van der Waals surface area contributed by atoms with Crippen molar-refractivity contribution in [1.29, 1.82) is 0 Å². The minimum absolute atomic E-state index is 0.146. The van der Waals surface area contributed by atoms with Crippen molar-refractivity contribution in [3.63, 3.8) is 0 Å². The van der Waals surface area contributed by atoms with Crippen molar-refractivity contribution in [1.82, 2.24) is 14.8 Å². The number of nitrogens with zero attached hydrogens (tertiary/aromatic N) is 3. The zero-order chi connectivity index (χ0) is 28.2. The van der Waals surface area contributed by atoms with Crippen molar-refractivity contribution in [3.8, 4) is 35.2 Å². The molecule has 0 N–H and O–H groups in total. The summed E-state index contributed by atoms with van der Waals surface area (Å²) in [5.41, 5.74) is 1.03. The third-order valence-electron chi connectivity index (χ3n) is 5.33. The number of halogens is 6. The summed E-state index contributed by atoms with van der Waals surface area (Å²) in [6.07, 6.45) is -3.78. The number of esters is 1. The summed E-state index contributed by atoms with van der Waals surface area (Å²) < 4.78 is 85.7. The van der Waals surface area contributed by atoms with Gasteiger partial charge in [0.15, 0.2) is 11.9 Å². The van der Waals surface area contributed by atoms with Gasteiger partial charge >= 0.3 is 18.5 Å². The van der Waals surface area contributed by atoms with E-state index >= 15 is 0 Å². The van der Waals surface area contributed by atoms with Gasteiger partial charge in [0.1, 0.15) is 12.1 Å². The molecule has 39 heavy (non-hydrogen) atoms. The second-order valence-corrected chi connectivity index (χ2v) is 8.08. The Morgan fingerprint density at radius 1 is 0.923 bits per heavy atom. The molecular weight excluding hydrogens is 528 g/mol. The summed E-state index contributed by atoms with van der Waals surface area (Å²) >= 11 is 0. The molecule has 4 aromatic rings. The van der Waals surface area contributed by atoms with Crippen LogP contribution >= 0.6 is 0 Å². The highest BCUT2D eigenvalue weighted by Crippen LogP contribution is 2.30. The van der Waals surface area contributed by atoms with Crippen molar-refractivity contribution in [2.45, 2.75) is 25.1 Å². The number of aromatic nitrogens is 3. The summed E-state index contributed by atoms with van der Waals surface area (Å²) in [5, 5.41) is 4.31. The Kier molecular flexibility index (Phi) is 7.62. The molecule has 0 saturated carbocycles. The van der Waals surface area contributed by atoms with E-state index in [0.717, 1.165) is 36.4 Å². The van der Waals surface area contributed by atoms with Crippen LogP contribution in [0.1, 0.15) is 22.8 Å². The maximum absolute atomic E-state index is 12.8. The van der Waals surface area contributed by atoms with Crippen LogP contribution in [0.3, 0.4) is 0 Å². The van der Waals surface area contributed by atoms with Crippen molar-refractivity contribution >= 4 is 5.97 Å². The first-order chi connectivity index (χ1) is 18.4. The summed E-state index contributed by atoms with van der Waals surface area (Å²) in [6, 6.07) is 15.7. The number of alkyl halides is 6. The first-order valence-electron chi connectivity index (χ1n) is 11.1. The molecule has 1 unspecified atom stereocenters. The SMILES string of the molecule is C#CC(OC(=O)Cc1ccc(-c2ncn(-c3ccc(OC(F)(F)F)cc3)n2)cc1)c1ccc(C(F)(F)F)cc1. The topological polar surface area (TPSA) is 66.2 Å². The lowest BCUT2D eigenvalue weighted by Crippen LogP contribution is -2.17. The molecule has 6 nitrogen and oxygen atoms in total. The number of terminal acetylenes is 1. The van der Waals surface area contributed by atoms with E-state index in [1.807, 2.05) is 0 Å². The lowest BCUT2D eigenvalue weighted by Gasteiger charge is -2.14. The number of benzene rings is 3. The lowest BCUT2D eigenvalue weighted by atomic mass is 10.1. The van der Waals surface area contributed by atoms with Crippen LogP contribution in [-0.2, 0) is 22.1 Å². The highest BCUT2D eigenvalue weighted by molar-refractivity contribution is 5.73. The molecule has 0 bridgehead atoms. The fourth-order valence-electron chi connectivity index (χ4n) is 3.48. The van der Waals surface area contributed by atoms with Gasteiger partial charge in [-0.3, -0.25) is 4.79 Å². The molecule has 0 aliphatic heterocycles. The first-order valence-corrected chi connectivity index (χ1v) is 11.1. The molecule has 1 aromatic heterocycles. The summed E-state index contributed by atoms with van der Waals surface area (Å²) in [5.74, 6) is 1.54. The zero-order valence-electron chi connectivity index (χ0n) is 19.7. The van der Waals surface area contributed by atoms with Crippen LogP contribution in [0.4, 0.5) is 26.3 Å². The predicted octanol–water partition coefficient (Wildman–Crippen LogP) is 6.31. The second-order valence-electron chi connectivity index (χ2n) is 8.08. The Hall–Kier alpha value is -4.79. The van der Waals surface area contributed by atoms with Crippen LogP contribution in [0.5, 0.6) is 5.75 Å². The quantitative estimate of drug-likeness (QED) is 0.155. The van der Waals surface area contributed by atoms with Gasteiger partial charge in [-0.15, -0.1) is 24.7 Å². The fourth-order valence-corrected chi connectivity index (χ4v) is 3.48. The van der Waals surface area contributed by atoms with Crippen LogP contribution in [0.15, 0.2) is 79.1 Å². The van der Waals surface area contributed by atoms with Crippen LogP contribution in [-0.4, -0.2) is 27.1 Å². The largest absolute Gasteiger partial charge is 0.573 e.